The van der Waals surface area contributed by atoms with E-state index in [2.05, 4.69) is 9.97 Å². The molecule has 2 aromatic heterocycles. The number of aromatic amines is 1. The van der Waals surface area contributed by atoms with Crippen molar-refractivity contribution in [2.45, 2.75) is 13.5 Å². The lowest BCUT2D eigenvalue weighted by Crippen LogP contribution is -2.16. The van der Waals surface area contributed by atoms with Gasteiger partial charge in [0.1, 0.15) is 0 Å². The molecule has 0 aliphatic carbocycles. The number of aromatic nitrogens is 3. The number of carboxylic acids is 1. The largest absolute Gasteiger partial charge is 0.476 e. The maximum atomic E-state index is 12.1. The van der Waals surface area contributed by atoms with E-state index in [0.29, 0.717) is 11.3 Å². The summed E-state index contributed by atoms with van der Waals surface area (Å²) in [5.74, 6) is -1.07. The van der Waals surface area contributed by atoms with Gasteiger partial charge in [0.25, 0.3) is 5.56 Å². The zero-order valence-corrected chi connectivity index (χ0v) is 11.3. The summed E-state index contributed by atoms with van der Waals surface area (Å²) in [7, 11) is 0. The van der Waals surface area contributed by atoms with Crippen molar-refractivity contribution in [2.24, 2.45) is 0 Å². The van der Waals surface area contributed by atoms with Crippen LogP contribution < -0.4 is 5.56 Å². The zero-order valence-electron chi connectivity index (χ0n) is 11.3. The molecule has 0 bridgehead atoms. The quantitative estimate of drug-likeness (QED) is 0.767. The fourth-order valence-corrected chi connectivity index (χ4v) is 2.31. The molecule has 2 heterocycles. The highest BCUT2D eigenvalue weighted by Gasteiger charge is 2.14. The second-order valence-electron chi connectivity index (χ2n) is 4.82. The number of para-hydroxylation sites is 1. The summed E-state index contributed by atoms with van der Waals surface area (Å²) >= 11 is 0. The second-order valence-corrected chi connectivity index (χ2v) is 4.82. The molecule has 0 aliphatic heterocycles. The van der Waals surface area contributed by atoms with Crippen LogP contribution in [0.15, 0.2) is 41.5 Å². The summed E-state index contributed by atoms with van der Waals surface area (Å²) in [6.45, 7) is 1.96. The zero-order chi connectivity index (χ0) is 15.0. The van der Waals surface area contributed by atoms with E-state index in [1.54, 1.807) is 11.5 Å². The van der Waals surface area contributed by atoms with Crippen LogP contribution in [0.25, 0.3) is 10.9 Å². The predicted molar refractivity (Wildman–Crippen MR) is 77.6 cm³/mol. The van der Waals surface area contributed by atoms with Crippen LogP contribution in [0, 0.1) is 6.92 Å². The van der Waals surface area contributed by atoms with Gasteiger partial charge in [-0.1, -0.05) is 18.2 Å². The van der Waals surface area contributed by atoms with E-state index >= 15 is 0 Å². The topological polar surface area (TPSA) is 88.0 Å². The van der Waals surface area contributed by atoms with E-state index in [9.17, 15) is 9.59 Å². The summed E-state index contributed by atoms with van der Waals surface area (Å²) in [6, 6.07) is 9.32. The molecule has 6 nitrogen and oxygen atoms in total. The molecule has 0 unspecified atom stereocenters. The Hall–Kier alpha value is -2.89. The first-order chi connectivity index (χ1) is 10.1. The van der Waals surface area contributed by atoms with E-state index < -0.39 is 5.97 Å². The number of aromatic carboxylic acids is 1. The highest BCUT2D eigenvalue weighted by molar-refractivity contribution is 5.86. The molecule has 0 radical (unpaired) electrons. The van der Waals surface area contributed by atoms with Gasteiger partial charge in [0.05, 0.1) is 12.9 Å². The third kappa shape index (κ3) is 2.31. The molecule has 0 atom stereocenters. The molecular weight excluding hydrogens is 270 g/mol. The fraction of sp³-hybridized carbons (Fsp3) is 0.133. The van der Waals surface area contributed by atoms with Crippen molar-refractivity contribution in [3.8, 4) is 0 Å². The SMILES string of the molecule is Cc1c(C(=O)O)ncn1Cc1cc2ccccc2[nH]c1=O. The second kappa shape index (κ2) is 4.90. The third-order valence-corrected chi connectivity index (χ3v) is 3.47. The van der Waals surface area contributed by atoms with Crippen LogP contribution in [0.2, 0.25) is 0 Å². The number of nitrogens with one attached hydrogen (secondary N) is 1. The molecule has 0 fully saturated rings. The highest BCUT2D eigenvalue weighted by atomic mass is 16.4. The maximum Gasteiger partial charge on any atom is 0.356 e. The molecule has 106 valence electrons. The number of nitrogens with zero attached hydrogens (tertiary/aromatic N) is 2. The van der Waals surface area contributed by atoms with Gasteiger partial charge in [-0.05, 0) is 24.4 Å². The number of hydrogen-bond donors (Lipinski definition) is 2. The molecule has 0 saturated carbocycles. The Balaban J connectivity index is 2.04. The summed E-state index contributed by atoms with van der Waals surface area (Å²) in [5.41, 5.74) is 1.69. The van der Waals surface area contributed by atoms with E-state index in [4.69, 9.17) is 5.11 Å². The Bertz CT molecular complexity index is 893. The Labute approximate surface area is 119 Å². The van der Waals surface area contributed by atoms with Gasteiger partial charge in [-0.3, -0.25) is 4.79 Å². The summed E-state index contributed by atoms with van der Waals surface area (Å²) in [5, 5.41) is 9.93. The van der Waals surface area contributed by atoms with Crippen LogP contribution in [0.1, 0.15) is 21.7 Å². The molecule has 0 spiro atoms. The van der Waals surface area contributed by atoms with Gasteiger partial charge in [-0.25, -0.2) is 9.78 Å². The predicted octanol–water partition coefficient (Wildman–Crippen LogP) is 1.78. The van der Waals surface area contributed by atoms with Crippen molar-refractivity contribution < 1.29 is 9.90 Å². The van der Waals surface area contributed by atoms with Crippen LogP contribution in [-0.2, 0) is 6.54 Å². The lowest BCUT2D eigenvalue weighted by molar-refractivity contribution is 0.0690. The number of carboxylic acid groups (broad SMARTS) is 1. The summed E-state index contributed by atoms with van der Waals surface area (Å²) < 4.78 is 1.66. The van der Waals surface area contributed by atoms with Crippen LogP contribution in [0.5, 0.6) is 0 Å². The molecule has 3 aromatic rings. The molecule has 3 rings (SSSR count). The fourth-order valence-electron chi connectivity index (χ4n) is 2.31. The van der Waals surface area contributed by atoms with E-state index in [1.807, 2.05) is 30.3 Å². The maximum absolute atomic E-state index is 12.1. The normalized spacial score (nSPS) is 10.9. The van der Waals surface area contributed by atoms with Crippen LogP contribution in [-0.4, -0.2) is 25.6 Å². The summed E-state index contributed by atoms with van der Waals surface area (Å²) in [4.78, 5) is 29.7. The average Bonchev–Trinajstić information content (AvgIpc) is 2.81. The van der Waals surface area contributed by atoms with Crippen LogP contribution in [0.3, 0.4) is 0 Å². The standard InChI is InChI=1S/C15H13N3O3/c1-9-13(15(20)21)16-8-18(9)7-11-6-10-4-2-3-5-12(10)17-14(11)19/h2-6,8H,7H2,1H3,(H,17,19)(H,20,21). The number of carbonyl (C=O) groups is 1. The third-order valence-electron chi connectivity index (χ3n) is 3.47. The minimum absolute atomic E-state index is 0.00668. The number of pyridine rings is 1. The van der Waals surface area contributed by atoms with Gasteiger partial charge >= 0.3 is 5.97 Å². The Morgan fingerprint density at radius 3 is 2.86 bits per heavy atom. The molecule has 0 saturated heterocycles. The van der Waals surface area contributed by atoms with Crippen LogP contribution in [0.4, 0.5) is 0 Å². The smallest absolute Gasteiger partial charge is 0.356 e. The van der Waals surface area contributed by atoms with E-state index in [1.165, 1.54) is 6.33 Å². The minimum Gasteiger partial charge on any atom is -0.476 e. The number of benzene rings is 1. The molecule has 0 aliphatic rings. The minimum atomic E-state index is -1.07. The highest BCUT2D eigenvalue weighted by Crippen LogP contribution is 2.12. The number of hydrogen-bond acceptors (Lipinski definition) is 3. The van der Waals surface area contributed by atoms with Crippen molar-refractivity contribution in [3.63, 3.8) is 0 Å². The Kier molecular flexibility index (Phi) is 3.06. The monoisotopic (exact) mass is 283 g/mol. The van der Waals surface area contributed by atoms with E-state index in [-0.39, 0.29) is 17.8 Å². The first-order valence-corrected chi connectivity index (χ1v) is 6.42. The first kappa shape index (κ1) is 13.1. The van der Waals surface area contributed by atoms with Crippen molar-refractivity contribution in [1.82, 2.24) is 14.5 Å². The van der Waals surface area contributed by atoms with Gasteiger partial charge in [0.15, 0.2) is 5.69 Å². The van der Waals surface area contributed by atoms with Crippen molar-refractivity contribution >= 4 is 16.9 Å². The molecular formula is C15H13N3O3. The first-order valence-electron chi connectivity index (χ1n) is 6.42. The lowest BCUT2D eigenvalue weighted by atomic mass is 10.1. The molecule has 6 heteroatoms. The Morgan fingerprint density at radius 1 is 1.38 bits per heavy atom. The van der Waals surface area contributed by atoms with Gasteiger partial charge < -0.3 is 14.7 Å². The molecule has 0 amide bonds. The molecule has 21 heavy (non-hydrogen) atoms. The number of fused-ring (bicyclic) bond motifs is 1. The van der Waals surface area contributed by atoms with Gasteiger partial charge in [-0.2, -0.15) is 0 Å². The van der Waals surface area contributed by atoms with Crippen molar-refractivity contribution in [2.75, 3.05) is 0 Å². The summed E-state index contributed by atoms with van der Waals surface area (Å²) in [6.07, 6.45) is 1.44. The number of rotatable bonds is 3. The lowest BCUT2D eigenvalue weighted by Gasteiger charge is -2.06. The molecule has 2 N–H and O–H groups in total. The van der Waals surface area contributed by atoms with Crippen molar-refractivity contribution in [3.05, 3.63) is 64.0 Å². The average molecular weight is 283 g/mol. The number of H-pyrrole nitrogens is 1. The Morgan fingerprint density at radius 2 is 2.14 bits per heavy atom. The number of imidazole rings is 1. The van der Waals surface area contributed by atoms with Gasteiger partial charge in [-0.15, -0.1) is 0 Å². The molecule has 1 aromatic carbocycles. The van der Waals surface area contributed by atoms with Crippen LogP contribution >= 0.6 is 0 Å². The van der Waals surface area contributed by atoms with Gasteiger partial charge in [0.2, 0.25) is 0 Å². The van der Waals surface area contributed by atoms with E-state index in [0.717, 1.165) is 10.9 Å². The van der Waals surface area contributed by atoms with Gasteiger partial charge in [0, 0.05) is 16.8 Å². The van der Waals surface area contributed by atoms with Crippen molar-refractivity contribution in [1.29, 1.82) is 0 Å².